The minimum Gasteiger partial charge on any atom is -0.278 e. The summed E-state index contributed by atoms with van der Waals surface area (Å²) in [6, 6.07) is 6.77. The van der Waals surface area contributed by atoms with Crippen molar-refractivity contribution in [3.63, 3.8) is 0 Å². The molecule has 5 nitrogen and oxygen atoms in total. The maximum absolute atomic E-state index is 12.1. The van der Waals surface area contributed by atoms with Gasteiger partial charge in [-0.1, -0.05) is 23.2 Å². The van der Waals surface area contributed by atoms with Gasteiger partial charge in [-0.2, -0.15) is 5.10 Å². The van der Waals surface area contributed by atoms with Gasteiger partial charge in [-0.05, 0) is 29.6 Å². The van der Waals surface area contributed by atoms with Crippen molar-refractivity contribution in [2.75, 3.05) is 22.5 Å². The molecule has 0 saturated carbocycles. The molecule has 2 aromatic rings. The molecule has 0 atom stereocenters. The summed E-state index contributed by atoms with van der Waals surface area (Å²) in [4.78, 5) is 0.838. The van der Waals surface area contributed by atoms with Crippen molar-refractivity contribution in [1.82, 2.24) is 0 Å². The zero-order valence-electron chi connectivity index (χ0n) is 11.4. The molecule has 0 unspecified atom stereocenters. The van der Waals surface area contributed by atoms with Gasteiger partial charge >= 0.3 is 0 Å². The third kappa shape index (κ3) is 2.81. The first-order chi connectivity index (χ1) is 10.4. The zero-order chi connectivity index (χ0) is 15.9. The summed E-state index contributed by atoms with van der Waals surface area (Å²) in [6.07, 6.45) is 0. The first kappa shape index (κ1) is 15.6. The number of hydrogen-bond acceptors (Lipinski definition) is 5. The number of benzene rings is 1. The number of nitrogens with one attached hydrogen (secondary N) is 1. The van der Waals surface area contributed by atoms with Crippen molar-refractivity contribution in [2.24, 2.45) is 5.10 Å². The average Bonchev–Trinajstić information content (AvgIpc) is 2.94. The first-order valence-electron chi connectivity index (χ1n) is 6.20. The molecule has 1 aliphatic rings. The average molecular weight is 376 g/mol. The van der Waals surface area contributed by atoms with Crippen LogP contribution in [0.5, 0.6) is 0 Å². The monoisotopic (exact) mass is 375 g/mol. The van der Waals surface area contributed by atoms with Crippen molar-refractivity contribution in [2.45, 2.75) is 0 Å². The molecule has 1 aliphatic heterocycles. The van der Waals surface area contributed by atoms with Crippen LogP contribution in [0.1, 0.15) is 4.88 Å². The van der Waals surface area contributed by atoms with E-state index in [-0.39, 0.29) is 5.75 Å². The van der Waals surface area contributed by atoms with Crippen LogP contribution in [0.25, 0.3) is 0 Å². The minimum absolute atomic E-state index is 0.147. The molecule has 1 N–H and O–H groups in total. The van der Waals surface area contributed by atoms with Crippen LogP contribution in [0, 0.1) is 0 Å². The van der Waals surface area contributed by atoms with Crippen molar-refractivity contribution < 1.29 is 8.42 Å². The Balaban J connectivity index is 1.94. The van der Waals surface area contributed by atoms with Crippen LogP contribution in [-0.4, -0.2) is 26.9 Å². The van der Waals surface area contributed by atoms with E-state index >= 15 is 0 Å². The molecule has 9 heteroatoms. The molecule has 0 fully saturated rings. The predicted octanol–water partition coefficient (Wildman–Crippen LogP) is 3.65. The van der Waals surface area contributed by atoms with Gasteiger partial charge in [0.1, 0.15) is 5.75 Å². The van der Waals surface area contributed by atoms with E-state index in [2.05, 4.69) is 10.5 Å². The lowest BCUT2D eigenvalue weighted by molar-refractivity contribution is 0.597. The van der Waals surface area contributed by atoms with Gasteiger partial charge in [0.2, 0.25) is 10.0 Å². The Labute approximate surface area is 142 Å². The largest absolute Gasteiger partial charge is 0.278 e. The number of rotatable bonds is 2. The fourth-order valence-electron chi connectivity index (χ4n) is 2.03. The summed E-state index contributed by atoms with van der Waals surface area (Å²) in [5.74, 6) is -0.147. The number of hydrazone groups is 1. The molecule has 0 bridgehead atoms. The Morgan fingerprint density at radius 1 is 1.27 bits per heavy atom. The maximum Gasteiger partial charge on any atom is 0.240 e. The van der Waals surface area contributed by atoms with Gasteiger partial charge in [-0.25, -0.2) is 8.42 Å². The molecule has 116 valence electrons. The number of thiophene rings is 1. The highest BCUT2D eigenvalue weighted by atomic mass is 35.5. The van der Waals surface area contributed by atoms with E-state index < -0.39 is 10.0 Å². The SMILES string of the molecule is CN1c2ccsc2C(=NNc2ccc(Cl)c(Cl)c2)CS1(=O)=O. The Hall–Kier alpha value is -1.28. The fraction of sp³-hybridized carbons (Fsp3) is 0.154. The maximum atomic E-state index is 12.1. The van der Waals surface area contributed by atoms with Gasteiger partial charge in [-0.3, -0.25) is 9.73 Å². The van der Waals surface area contributed by atoms with E-state index in [9.17, 15) is 8.42 Å². The van der Waals surface area contributed by atoms with E-state index in [1.807, 2.05) is 5.38 Å². The predicted molar refractivity (Wildman–Crippen MR) is 93.1 cm³/mol. The van der Waals surface area contributed by atoms with Crippen LogP contribution in [0.4, 0.5) is 11.4 Å². The summed E-state index contributed by atoms with van der Waals surface area (Å²) in [5, 5.41) is 6.93. The van der Waals surface area contributed by atoms with Gasteiger partial charge in [-0.15, -0.1) is 11.3 Å². The molecule has 0 amide bonds. The standard InChI is InChI=1S/C13H11Cl2N3O2S2/c1-18-12-4-5-21-13(12)11(7-22(18,19)20)17-16-8-2-3-9(14)10(15)6-8/h2-6,16H,7H2,1H3. The zero-order valence-corrected chi connectivity index (χ0v) is 14.5. The minimum atomic E-state index is -3.39. The van der Waals surface area contributed by atoms with Gasteiger partial charge < -0.3 is 0 Å². The van der Waals surface area contributed by atoms with E-state index in [0.29, 0.717) is 27.1 Å². The first-order valence-corrected chi connectivity index (χ1v) is 9.45. The summed E-state index contributed by atoms with van der Waals surface area (Å²) in [5.41, 5.74) is 4.59. The van der Waals surface area contributed by atoms with Gasteiger partial charge in [0.05, 0.1) is 32.0 Å². The van der Waals surface area contributed by atoms with Crippen LogP contribution in [0.15, 0.2) is 34.7 Å². The van der Waals surface area contributed by atoms with Crippen molar-refractivity contribution in [1.29, 1.82) is 0 Å². The second kappa shape index (κ2) is 5.73. The second-order valence-corrected chi connectivity index (χ2v) is 8.39. The third-order valence-corrected chi connectivity index (χ3v) is 6.58. The number of anilines is 2. The molecule has 0 radical (unpaired) electrons. The molecule has 0 saturated heterocycles. The highest BCUT2D eigenvalue weighted by Crippen LogP contribution is 2.33. The topological polar surface area (TPSA) is 61.8 Å². The van der Waals surface area contributed by atoms with E-state index in [4.69, 9.17) is 23.2 Å². The Morgan fingerprint density at radius 3 is 2.77 bits per heavy atom. The van der Waals surface area contributed by atoms with Gasteiger partial charge in [0.25, 0.3) is 0 Å². The summed E-state index contributed by atoms with van der Waals surface area (Å²) < 4.78 is 25.6. The fourth-order valence-corrected chi connectivity index (χ4v) is 4.59. The molecule has 0 spiro atoms. The molecule has 3 rings (SSSR count). The molecule has 2 heterocycles. The van der Waals surface area contributed by atoms with E-state index in [1.54, 1.807) is 31.3 Å². The highest BCUT2D eigenvalue weighted by molar-refractivity contribution is 7.93. The molecule has 1 aromatic carbocycles. The Bertz CT molecular complexity index is 862. The Morgan fingerprint density at radius 2 is 2.05 bits per heavy atom. The lowest BCUT2D eigenvalue weighted by Crippen LogP contribution is -2.37. The molecule has 22 heavy (non-hydrogen) atoms. The van der Waals surface area contributed by atoms with Crippen LogP contribution < -0.4 is 9.73 Å². The number of halogens is 2. The number of hydrogen-bond donors (Lipinski definition) is 1. The second-order valence-electron chi connectivity index (χ2n) is 4.66. The van der Waals surface area contributed by atoms with Gasteiger partial charge in [0.15, 0.2) is 0 Å². The molecular weight excluding hydrogens is 365 g/mol. The van der Waals surface area contributed by atoms with Crippen molar-refractivity contribution in [3.05, 3.63) is 44.6 Å². The number of sulfonamides is 1. The molecular formula is C13H11Cl2N3O2S2. The summed E-state index contributed by atoms with van der Waals surface area (Å²) in [7, 11) is -1.85. The molecule has 1 aromatic heterocycles. The normalized spacial score (nSPS) is 18.3. The lowest BCUT2D eigenvalue weighted by Gasteiger charge is -2.25. The smallest absolute Gasteiger partial charge is 0.240 e. The lowest BCUT2D eigenvalue weighted by atomic mass is 10.3. The van der Waals surface area contributed by atoms with Crippen LogP contribution >= 0.6 is 34.5 Å². The number of fused-ring (bicyclic) bond motifs is 1. The summed E-state index contributed by atoms with van der Waals surface area (Å²) in [6.45, 7) is 0. The third-order valence-electron chi connectivity index (χ3n) is 3.22. The number of nitrogens with zero attached hydrogens (tertiary/aromatic N) is 2. The molecule has 0 aliphatic carbocycles. The van der Waals surface area contributed by atoms with Crippen LogP contribution in [0.2, 0.25) is 10.0 Å². The van der Waals surface area contributed by atoms with Gasteiger partial charge in [0, 0.05) is 7.05 Å². The highest BCUT2D eigenvalue weighted by Gasteiger charge is 2.32. The van der Waals surface area contributed by atoms with E-state index in [1.165, 1.54) is 15.6 Å². The van der Waals surface area contributed by atoms with E-state index in [0.717, 1.165) is 4.88 Å². The van der Waals surface area contributed by atoms with Crippen molar-refractivity contribution >= 4 is 61.6 Å². The van der Waals surface area contributed by atoms with Crippen LogP contribution in [-0.2, 0) is 10.0 Å². The Kier molecular flexibility index (Phi) is 4.07. The van der Waals surface area contributed by atoms with Crippen molar-refractivity contribution in [3.8, 4) is 0 Å². The van der Waals surface area contributed by atoms with Crippen LogP contribution in [0.3, 0.4) is 0 Å². The quantitative estimate of drug-likeness (QED) is 0.814. The summed E-state index contributed by atoms with van der Waals surface area (Å²) >= 11 is 13.3.